The summed E-state index contributed by atoms with van der Waals surface area (Å²) >= 11 is 0. The highest BCUT2D eigenvalue weighted by atomic mass is 32.2. The molecule has 3 aliphatic rings. The fraction of sp³-hybridized carbons (Fsp3) is 0.304. The Kier molecular flexibility index (Phi) is 27.4. The highest BCUT2D eigenvalue weighted by Crippen LogP contribution is 2.46. The van der Waals surface area contributed by atoms with Crippen molar-refractivity contribution in [2.45, 2.75) is 185 Å². The fourth-order valence-electron chi connectivity index (χ4n) is 19.6. The first-order valence-corrected chi connectivity index (χ1v) is 48.7. The van der Waals surface area contributed by atoms with Crippen LogP contribution in [-0.2, 0) is 14.8 Å². The quantitative estimate of drug-likeness (QED) is 0.0421. The van der Waals surface area contributed by atoms with Crippen LogP contribution >= 0.6 is 0 Å². The van der Waals surface area contributed by atoms with Crippen LogP contribution in [0.25, 0.3) is 133 Å². The maximum absolute atomic E-state index is 12.5. The van der Waals surface area contributed by atoms with E-state index in [0.29, 0.717) is 141 Å². The van der Waals surface area contributed by atoms with Gasteiger partial charge in [0.2, 0.25) is 10.0 Å². The third kappa shape index (κ3) is 19.8. The number of anilines is 1. The summed E-state index contributed by atoms with van der Waals surface area (Å²) in [6.07, 6.45) is 14.6. The number of rotatable bonds is 22. The normalized spacial score (nSPS) is 14.8. The van der Waals surface area contributed by atoms with E-state index in [9.17, 15) is 48.0 Å². The number of aromatic nitrogens is 4. The molecule has 5 N–H and O–H groups in total. The van der Waals surface area contributed by atoms with Gasteiger partial charge in [0.15, 0.2) is 23.0 Å². The van der Waals surface area contributed by atoms with Crippen LogP contribution in [-0.4, -0.2) is 110 Å². The zero-order valence-corrected chi connectivity index (χ0v) is 79.8. The van der Waals surface area contributed by atoms with Crippen LogP contribution in [0.15, 0.2) is 212 Å². The summed E-state index contributed by atoms with van der Waals surface area (Å²) < 4.78 is 80.6. The average Bonchev–Trinajstić information content (AvgIpc) is 1.16. The number of carboxylic acid groups (broad SMARTS) is 4. The Balaban J connectivity index is 0.000000127. The average molecular weight is 1860 g/mol. The maximum Gasteiger partial charge on any atom is 0.336 e. The maximum atomic E-state index is 12.5. The standard InChI is InChI=1S/C29H26N2O6S.2C28H29NO4.C27H27NO5/c1-16-9-14-25(36-18(3)19-10-12-20(13-11-19)31-38(4,34)35)26-22(29(32)33)15-23(30-27(16)26)28-17(2)21-7-5-6-8-24(21)37-28;2*1-16-13-14-24(32-18(3)19-9-5-4-6-10-19)25-21(28(30)31)15-22(29-26(16)25)27-17(2)20-11-7-8-12-23(20)33-27;1-15-8-9-23(32-17(3)18-10-12-31-13-11-18)24-20(27(29)30)14-21(28-25(15)24)26-16(2)19-6-4-5-7-22(19)33-26/h5-15,18,31H,1-4H3,(H,32,33);2*7-8,11-15,18-19H,4-6,9-10H2,1-3H3,(H,30,31);4-9,14,17-18H,10-13H2,1-3H3,(H,29,30)/t3*18-;17-/m0101/s1. The molecule has 2 saturated carbocycles. The van der Waals surface area contributed by atoms with Crippen LogP contribution in [0, 0.1) is 73.1 Å². The molecule has 3 fully saturated rings. The number of pyridine rings is 4. The predicted molar refractivity (Wildman–Crippen MR) is 534 cm³/mol. The smallest absolute Gasteiger partial charge is 0.336 e. The van der Waals surface area contributed by atoms with Gasteiger partial charge in [-0.25, -0.2) is 47.5 Å². The molecule has 0 amide bonds. The molecule has 9 aromatic carbocycles. The van der Waals surface area contributed by atoms with Gasteiger partial charge in [-0.2, -0.15) is 0 Å². The molecule has 17 aromatic rings. The minimum atomic E-state index is -3.38. The van der Waals surface area contributed by atoms with Crippen LogP contribution in [0.2, 0.25) is 0 Å². The lowest BCUT2D eigenvalue weighted by Gasteiger charge is -2.28. The van der Waals surface area contributed by atoms with Crippen molar-refractivity contribution < 1.29 is 89.4 Å². The SMILES string of the molecule is Cc1c(-c2cc(C(=O)O)c3c(O[C@@H](C)C4CCCCC4)ccc(C)c3n2)oc2ccccc12.Cc1c(-c2cc(C(=O)O)c3c(O[C@@H](C)c4ccc(NS(C)(=O)=O)cc4)ccc(C)c3n2)oc2ccccc12.Cc1c(-c2cc(C(=O)O)c3c(O[C@H](C)C4CCCCC4)ccc(C)c3n2)oc2ccccc12.Cc1c(-c2cc(C(=O)O)c3c(O[C@H](C)C4CCOCC4)ccc(C)c3n2)oc2ccccc12. The van der Waals surface area contributed by atoms with Crippen LogP contribution in [0.5, 0.6) is 23.0 Å². The number of fused-ring (bicyclic) bond motifs is 8. The monoisotopic (exact) mass is 1860 g/mol. The second-order valence-electron chi connectivity index (χ2n) is 36.5. The largest absolute Gasteiger partial charge is 0.490 e. The number of benzene rings is 9. The van der Waals surface area contributed by atoms with Crippen LogP contribution in [0.1, 0.15) is 202 Å². The second-order valence-corrected chi connectivity index (χ2v) is 38.3. The number of aromatic carboxylic acids is 4. The first-order valence-electron chi connectivity index (χ1n) is 46.8. The lowest BCUT2D eigenvalue weighted by atomic mass is 9.86. The van der Waals surface area contributed by atoms with Gasteiger partial charge in [0.25, 0.3) is 0 Å². The van der Waals surface area contributed by atoms with E-state index < -0.39 is 40.0 Å². The molecule has 137 heavy (non-hydrogen) atoms. The van der Waals surface area contributed by atoms with Gasteiger partial charge in [-0.3, -0.25) is 4.72 Å². The summed E-state index contributed by atoms with van der Waals surface area (Å²) in [4.78, 5) is 69.1. The van der Waals surface area contributed by atoms with E-state index in [4.69, 9.17) is 61.3 Å². The Labute approximate surface area is 793 Å². The number of aryl methyl sites for hydroxylation is 8. The summed E-state index contributed by atoms with van der Waals surface area (Å²) in [5.74, 6) is 1.65. The molecule has 0 spiro atoms. The first-order chi connectivity index (χ1) is 65.8. The van der Waals surface area contributed by atoms with E-state index in [1.807, 2.05) is 209 Å². The molecule has 9 heterocycles. The summed E-state index contributed by atoms with van der Waals surface area (Å²) in [7, 11) is -3.38. The molecular weight excluding hydrogens is 1750 g/mol. The van der Waals surface area contributed by atoms with Gasteiger partial charge in [0, 0.05) is 62.7 Å². The molecule has 4 atom stereocenters. The minimum absolute atomic E-state index is 0.0233. The highest BCUT2D eigenvalue weighted by molar-refractivity contribution is 7.92. The summed E-state index contributed by atoms with van der Waals surface area (Å²) in [6, 6.07) is 59.2. The van der Waals surface area contributed by atoms with Gasteiger partial charge in [-0.1, -0.05) is 148 Å². The molecule has 25 heteroatoms. The molecule has 1 saturated heterocycles. The fourth-order valence-corrected chi connectivity index (χ4v) is 20.1. The van der Waals surface area contributed by atoms with Crippen molar-refractivity contribution in [3.05, 3.63) is 266 Å². The van der Waals surface area contributed by atoms with E-state index in [2.05, 4.69) is 18.6 Å². The number of hydrogen-bond acceptors (Lipinski definition) is 19. The summed E-state index contributed by atoms with van der Waals surface area (Å²) in [5.41, 5.74) is 16.4. The molecule has 2 aliphatic carbocycles. The van der Waals surface area contributed by atoms with Gasteiger partial charge in [0.1, 0.15) is 74.2 Å². The van der Waals surface area contributed by atoms with Crippen molar-refractivity contribution >= 4 is 127 Å². The van der Waals surface area contributed by atoms with Crippen LogP contribution < -0.4 is 23.7 Å². The number of carboxylic acids is 4. The molecule has 0 unspecified atom stereocenters. The molecule has 20 rings (SSSR count). The number of ether oxygens (including phenoxy) is 5. The Hall–Kier alpha value is -14.4. The second kappa shape index (κ2) is 39.9. The van der Waals surface area contributed by atoms with Crippen molar-refractivity contribution in [2.75, 3.05) is 24.2 Å². The van der Waals surface area contributed by atoms with Crippen molar-refractivity contribution in [1.82, 2.24) is 19.9 Å². The van der Waals surface area contributed by atoms with E-state index in [1.54, 1.807) is 48.5 Å². The minimum Gasteiger partial charge on any atom is -0.490 e. The Morgan fingerprint density at radius 1 is 0.350 bits per heavy atom. The number of carbonyl (C=O) groups is 4. The Morgan fingerprint density at radius 3 is 0.876 bits per heavy atom. The zero-order valence-electron chi connectivity index (χ0n) is 79.0. The first kappa shape index (κ1) is 94.3. The van der Waals surface area contributed by atoms with Gasteiger partial charge in [0.05, 0.1) is 90.4 Å². The number of para-hydroxylation sites is 4. The molecule has 0 radical (unpaired) electrons. The van der Waals surface area contributed by atoms with Crippen LogP contribution in [0.3, 0.4) is 0 Å². The lowest BCUT2D eigenvalue weighted by Crippen LogP contribution is -2.29. The number of sulfonamides is 1. The van der Waals surface area contributed by atoms with Crippen molar-refractivity contribution in [3.8, 4) is 68.8 Å². The van der Waals surface area contributed by atoms with E-state index in [-0.39, 0.29) is 40.6 Å². The third-order valence-corrected chi connectivity index (χ3v) is 27.8. The third-order valence-electron chi connectivity index (χ3n) is 27.2. The van der Waals surface area contributed by atoms with E-state index in [1.165, 1.54) is 44.6 Å². The van der Waals surface area contributed by atoms with Gasteiger partial charge < -0.3 is 61.8 Å². The summed E-state index contributed by atoms with van der Waals surface area (Å²) in [6.45, 7) is 25.1. The number of furan rings is 4. The van der Waals surface area contributed by atoms with Crippen molar-refractivity contribution in [3.63, 3.8) is 0 Å². The predicted octanol–water partition coefficient (Wildman–Crippen LogP) is 27.3. The topological polar surface area (TPSA) is 346 Å². The molecule has 704 valence electrons. The molecule has 24 nitrogen and oxygen atoms in total. The lowest BCUT2D eigenvalue weighted by molar-refractivity contribution is 0.0243. The number of nitrogens with zero attached hydrogens (tertiary/aromatic N) is 4. The van der Waals surface area contributed by atoms with Gasteiger partial charge in [-0.15, -0.1) is 0 Å². The van der Waals surface area contributed by atoms with Gasteiger partial charge in [-0.05, 0) is 252 Å². The number of nitrogens with one attached hydrogen (secondary N) is 1. The van der Waals surface area contributed by atoms with Gasteiger partial charge >= 0.3 is 23.9 Å². The Morgan fingerprint density at radius 2 is 0.613 bits per heavy atom. The van der Waals surface area contributed by atoms with Crippen molar-refractivity contribution in [1.29, 1.82) is 0 Å². The zero-order chi connectivity index (χ0) is 96.5. The molecule has 8 aromatic heterocycles. The van der Waals surface area contributed by atoms with E-state index in [0.717, 1.165) is 146 Å². The van der Waals surface area contributed by atoms with Crippen molar-refractivity contribution in [2.24, 2.45) is 17.8 Å². The highest BCUT2D eigenvalue weighted by Gasteiger charge is 2.33. The van der Waals surface area contributed by atoms with E-state index >= 15 is 0 Å². The molecule has 1 aliphatic heterocycles. The molecule has 0 bridgehead atoms. The molecular formula is C112H111N5O19S. The Bertz CT molecular complexity index is 7140. The van der Waals surface area contributed by atoms with Crippen LogP contribution in [0.4, 0.5) is 5.69 Å². The summed E-state index contributed by atoms with van der Waals surface area (Å²) in [5, 5.41) is 46.6. The number of hydrogen-bond donors (Lipinski definition) is 5.